The fourth-order valence-electron chi connectivity index (χ4n) is 1.28. The first-order valence-electron chi connectivity index (χ1n) is 4.74. The van der Waals surface area contributed by atoms with Crippen molar-refractivity contribution in [1.82, 2.24) is 19.7 Å². The van der Waals surface area contributed by atoms with Gasteiger partial charge in [0.2, 0.25) is 5.82 Å². The summed E-state index contributed by atoms with van der Waals surface area (Å²) >= 11 is 3.29. The fraction of sp³-hybridized carbons (Fsp3) is 0.200. The highest BCUT2D eigenvalue weighted by Gasteiger charge is 2.12. The summed E-state index contributed by atoms with van der Waals surface area (Å²) in [4.78, 5) is 19.4. The number of hydrogen-bond donors (Lipinski definition) is 0. The summed E-state index contributed by atoms with van der Waals surface area (Å²) < 4.78 is 6.96. The van der Waals surface area contributed by atoms with E-state index in [4.69, 9.17) is 0 Å². The second-order valence-electron chi connectivity index (χ2n) is 3.29. The molecule has 2 aromatic rings. The average molecular weight is 297 g/mol. The van der Waals surface area contributed by atoms with Crippen LogP contribution in [0.5, 0.6) is 0 Å². The maximum Gasteiger partial charge on any atom is 0.376 e. The topological polar surface area (TPSA) is 69.9 Å². The number of carbonyl (C=O) groups excluding carboxylic acids is 1. The van der Waals surface area contributed by atoms with Gasteiger partial charge in [-0.2, -0.15) is 5.10 Å². The first-order valence-corrected chi connectivity index (χ1v) is 5.54. The van der Waals surface area contributed by atoms with Crippen LogP contribution in [0.2, 0.25) is 0 Å². The van der Waals surface area contributed by atoms with E-state index in [1.807, 2.05) is 0 Å². The Balaban J connectivity index is 2.48. The normalized spacial score (nSPS) is 10.3. The van der Waals surface area contributed by atoms with Crippen molar-refractivity contribution < 1.29 is 9.53 Å². The monoisotopic (exact) mass is 296 g/mol. The molecule has 0 amide bonds. The summed E-state index contributed by atoms with van der Waals surface area (Å²) in [5.74, 6) is -0.0288. The van der Waals surface area contributed by atoms with Crippen LogP contribution < -0.4 is 0 Å². The first-order chi connectivity index (χ1) is 8.10. The molecule has 0 aliphatic carbocycles. The summed E-state index contributed by atoms with van der Waals surface area (Å²) in [6.07, 6.45) is 3.37. The molecular weight excluding hydrogens is 288 g/mol. The van der Waals surface area contributed by atoms with Crippen molar-refractivity contribution in [3.63, 3.8) is 0 Å². The van der Waals surface area contributed by atoms with Gasteiger partial charge in [0, 0.05) is 18.0 Å². The van der Waals surface area contributed by atoms with Crippen molar-refractivity contribution in [2.75, 3.05) is 7.11 Å². The van der Waals surface area contributed by atoms with Crippen molar-refractivity contribution in [2.45, 2.75) is 6.92 Å². The molecule has 0 aliphatic rings. The van der Waals surface area contributed by atoms with Crippen LogP contribution in [0.25, 0.3) is 5.82 Å². The maximum atomic E-state index is 11.4. The second-order valence-corrected chi connectivity index (χ2v) is 4.20. The summed E-state index contributed by atoms with van der Waals surface area (Å²) in [5.41, 5.74) is 0.669. The van der Waals surface area contributed by atoms with Crippen molar-refractivity contribution >= 4 is 21.9 Å². The minimum atomic E-state index is -0.568. The van der Waals surface area contributed by atoms with E-state index in [-0.39, 0.29) is 5.82 Å². The molecular formula is C10H9BrN4O2. The van der Waals surface area contributed by atoms with E-state index in [2.05, 4.69) is 35.7 Å². The molecule has 0 saturated carbocycles. The van der Waals surface area contributed by atoms with E-state index < -0.39 is 5.97 Å². The molecule has 6 nitrogen and oxygen atoms in total. The third kappa shape index (κ3) is 2.50. The molecule has 0 saturated heterocycles. The van der Waals surface area contributed by atoms with Crippen molar-refractivity contribution in [2.24, 2.45) is 0 Å². The number of methoxy groups -OCH3 is 1. The van der Waals surface area contributed by atoms with E-state index in [1.54, 1.807) is 30.1 Å². The zero-order valence-electron chi connectivity index (χ0n) is 9.22. The Bertz CT molecular complexity index is 567. The molecule has 7 heteroatoms. The van der Waals surface area contributed by atoms with Gasteiger partial charge < -0.3 is 4.74 Å². The molecule has 2 rings (SSSR count). The van der Waals surface area contributed by atoms with Crippen LogP contribution in [0.15, 0.2) is 22.9 Å². The van der Waals surface area contributed by atoms with Crippen LogP contribution in [0.1, 0.15) is 16.3 Å². The van der Waals surface area contributed by atoms with E-state index in [9.17, 15) is 4.79 Å². The molecule has 17 heavy (non-hydrogen) atoms. The number of nitrogens with zero attached hydrogens (tertiary/aromatic N) is 4. The predicted octanol–water partition coefficient (Wildman–Crippen LogP) is 1.52. The zero-order valence-corrected chi connectivity index (χ0v) is 10.8. The lowest BCUT2D eigenvalue weighted by Gasteiger charge is -2.04. The van der Waals surface area contributed by atoms with Gasteiger partial charge in [-0.1, -0.05) is 0 Å². The summed E-state index contributed by atoms with van der Waals surface area (Å²) in [7, 11) is 1.29. The zero-order chi connectivity index (χ0) is 12.4. The number of esters is 1. The SMILES string of the molecule is COC(=O)c1nc(C)cc(-n2cc(Br)cn2)n1. The van der Waals surface area contributed by atoms with Crippen LogP contribution in [0, 0.1) is 6.92 Å². The molecule has 0 unspecified atom stereocenters. The van der Waals surface area contributed by atoms with Gasteiger partial charge in [-0.15, -0.1) is 0 Å². The molecule has 0 radical (unpaired) electrons. The third-order valence-electron chi connectivity index (χ3n) is 1.99. The lowest BCUT2D eigenvalue weighted by Crippen LogP contribution is -2.11. The smallest absolute Gasteiger partial charge is 0.376 e. The van der Waals surface area contributed by atoms with Gasteiger partial charge in [-0.3, -0.25) is 0 Å². The van der Waals surface area contributed by atoms with Crippen molar-refractivity contribution in [1.29, 1.82) is 0 Å². The number of rotatable bonds is 2. The van der Waals surface area contributed by atoms with Gasteiger partial charge in [-0.05, 0) is 22.9 Å². The molecule has 0 fully saturated rings. The number of halogens is 1. The molecule has 0 aromatic carbocycles. The highest BCUT2D eigenvalue weighted by molar-refractivity contribution is 9.10. The maximum absolute atomic E-state index is 11.4. The molecule has 0 N–H and O–H groups in total. The van der Waals surface area contributed by atoms with E-state index in [1.165, 1.54) is 7.11 Å². The standard InChI is InChI=1S/C10H9BrN4O2/c1-6-3-8(15-5-7(11)4-12-15)14-9(13-6)10(16)17-2/h3-5H,1-2H3. The third-order valence-corrected chi connectivity index (χ3v) is 2.40. The number of aryl methyl sites for hydroxylation is 1. The highest BCUT2D eigenvalue weighted by Crippen LogP contribution is 2.12. The second kappa shape index (κ2) is 4.62. The minimum Gasteiger partial charge on any atom is -0.463 e. The molecule has 0 atom stereocenters. The predicted molar refractivity (Wildman–Crippen MR) is 62.9 cm³/mol. The lowest BCUT2D eigenvalue weighted by molar-refractivity contribution is 0.0586. The highest BCUT2D eigenvalue weighted by atomic mass is 79.9. The molecule has 88 valence electrons. The van der Waals surface area contributed by atoms with Crippen LogP contribution in [-0.4, -0.2) is 32.8 Å². The van der Waals surface area contributed by atoms with Gasteiger partial charge in [0.05, 0.1) is 17.8 Å². The Labute approximate surface area is 106 Å². The Morgan fingerprint density at radius 3 is 2.82 bits per heavy atom. The Hall–Kier alpha value is -1.76. The van der Waals surface area contributed by atoms with Crippen LogP contribution in [-0.2, 0) is 4.74 Å². The number of hydrogen-bond acceptors (Lipinski definition) is 5. The average Bonchev–Trinajstić information content (AvgIpc) is 2.74. The van der Waals surface area contributed by atoms with Gasteiger partial charge in [0.15, 0.2) is 5.82 Å². The van der Waals surface area contributed by atoms with E-state index >= 15 is 0 Å². The van der Waals surface area contributed by atoms with Gasteiger partial charge in [0.1, 0.15) is 0 Å². The van der Waals surface area contributed by atoms with E-state index in [0.29, 0.717) is 11.5 Å². The number of ether oxygens (including phenoxy) is 1. The number of aromatic nitrogens is 4. The Morgan fingerprint density at radius 1 is 1.47 bits per heavy atom. The fourth-order valence-corrected chi connectivity index (χ4v) is 1.56. The van der Waals surface area contributed by atoms with Crippen LogP contribution in [0.4, 0.5) is 0 Å². The summed E-state index contributed by atoms with van der Waals surface area (Å²) in [6.45, 7) is 1.77. The minimum absolute atomic E-state index is 0.0223. The Morgan fingerprint density at radius 2 is 2.24 bits per heavy atom. The van der Waals surface area contributed by atoms with Gasteiger partial charge >= 0.3 is 5.97 Å². The summed E-state index contributed by atoms with van der Waals surface area (Å²) in [5, 5.41) is 4.08. The quantitative estimate of drug-likeness (QED) is 0.786. The first kappa shape index (κ1) is 11.7. The lowest BCUT2D eigenvalue weighted by atomic mass is 10.4. The number of carbonyl (C=O) groups is 1. The summed E-state index contributed by atoms with van der Waals surface area (Å²) in [6, 6.07) is 1.73. The van der Waals surface area contributed by atoms with Gasteiger partial charge in [0.25, 0.3) is 0 Å². The van der Waals surface area contributed by atoms with Gasteiger partial charge in [-0.25, -0.2) is 19.4 Å². The van der Waals surface area contributed by atoms with Crippen LogP contribution >= 0.6 is 15.9 Å². The van der Waals surface area contributed by atoms with Crippen molar-refractivity contribution in [3.8, 4) is 5.82 Å². The van der Waals surface area contributed by atoms with Crippen LogP contribution in [0.3, 0.4) is 0 Å². The molecule has 0 bridgehead atoms. The largest absolute Gasteiger partial charge is 0.463 e. The molecule has 0 aliphatic heterocycles. The molecule has 2 aromatic heterocycles. The van der Waals surface area contributed by atoms with Crippen molar-refractivity contribution in [3.05, 3.63) is 34.5 Å². The molecule has 2 heterocycles. The van der Waals surface area contributed by atoms with E-state index in [0.717, 1.165) is 4.47 Å². The Kier molecular flexibility index (Phi) is 3.19. The molecule has 0 spiro atoms.